The molecule has 0 aromatic rings. The quantitative estimate of drug-likeness (QED) is 0.670. The molecule has 0 aliphatic carbocycles. The predicted octanol–water partition coefficient (Wildman–Crippen LogP) is 4.94. The van der Waals surface area contributed by atoms with Crippen LogP contribution in [0.15, 0.2) is 16.3 Å². The number of nitrogens with zero attached hydrogens (tertiary/aromatic N) is 3. The lowest BCUT2D eigenvalue weighted by Crippen LogP contribution is -2.49. The molecule has 3 aliphatic heterocycles. The number of amidine groups is 1. The molecule has 0 radical (unpaired) electrons. The number of hydrogen-bond acceptors (Lipinski definition) is 3. The van der Waals surface area contributed by atoms with E-state index in [1.807, 2.05) is 0 Å². The molecule has 0 aromatic carbocycles. The van der Waals surface area contributed by atoms with Crippen LogP contribution in [0.3, 0.4) is 0 Å². The Labute approximate surface area is 155 Å². The summed E-state index contributed by atoms with van der Waals surface area (Å²) in [6.07, 6.45) is 2.57. The van der Waals surface area contributed by atoms with Crippen molar-refractivity contribution in [2.45, 2.75) is 87.2 Å². The zero-order chi connectivity index (χ0) is 18.8. The van der Waals surface area contributed by atoms with Gasteiger partial charge in [-0.15, -0.1) is 0 Å². The van der Waals surface area contributed by atoms with Crippen molar-refractivity contribution in [1.29, 1.82) is 0 Å². The largest absolute Gasteiger partial charge is 0.332 e. The van der Waals surface area contributed by atoms with E-state index in [9.17, 15) is 0 Å². The van der Waals surface area contributed by atoms with Gasteiger partial charge in [-0.2, -0.15) is 0 Å². The first kappa shape index (κ1) is 18.9. The highest BCUT2D eigenvalue weighted by Crippen LogP contribution is 2.48. The highest BCUT2D eigenvalue weighted by molar-refractivity contribution is 5.90. The van der Waals surface area contributed by atoms with Gasteiger partial charge in [-0.25, -0.2) is 0 Å². The van der Waals surface area contributed by atoms with Gasteiger partial charge in [0.15, 0.2) is 0 Å². The highest BCUT2D eigenvalue weighted by atomic mass is 15.3. The maximum atomic E-state index is 5.42. The number of aliphatic imine (C=N–C) groups is 1. The first-order valence-electron chi connectivity index (χ1n) is 10.1. The van der Waals surface area contributed by atoms with Crippen LogP contribution in [0.4, 0.5) is 0 Å². The molecule has 2 unspecified atom stereocenters. The molecular weight excluding hydrogens is 306 g/mol. The van der Waals surface area contributed by atoms with E-state index >= 15 is 0 Å². The van der Waals surface area contributed by atoms with Gasteiger partial charge in [0.2, 0.25) is 0 Å². The van der Waals surface area contributed by atoms with Crippen LogP contribution in [0.5, 0.6) is 0 Å². The van der Waals surface area contributed by atoms with E-state index in [0.717, 1.165) is 6.54 Å². The molecule has 2 atom stereocenters. The van der Waals surface area contributed by atoms with E-state index in [0.29, 0.717) is 6.04 Å². The van der Waals surface area contributed by atoms with E-state index in [1.165, 1.54) is 31.8 Å². The minimum absolute atomic E-state index is 0.0853. The maximum absolute atomic E-state index is 5.42. The van der Waals surface area contributed by atoms with E-state index in [2.05, 4.69) is 72.1 Å². The summed E-state index contributed by atoms with van der Waals surface area (Å²) in [5.74, 6) is 1.30. The summed E-state index contributed by atoms with van der Waals surface area (Å²) in [6, 6.07) is 0.954. The van der Waals surface area contributed by atoms with Crippen LogP contribution >= 0.6 is 0 Å². The maximum Gasteiger partial charge on any atom is 0.109 e. The fraction of sp³-hybridized carbons (Fsp3) is 0.864. The molecule has 2 fully saturated rings. The highest BCUT2D eigenvalue weighted by Gasteiger charge is 2.47. The Morgan fingerprint density at radius 3 is 1.88 bits per heavy atom. The van der Waals surface area contributed by atoms with Crippen molar-refractivity contribution in [3.05, 3.63) is 11.3 Å². The molecule has 0 amide bonds. The standard InChI is InChI=1S/C22H39N3/c1-20(2,3)17-16-13-15(24-11-10-12-24)14-25(16)19(22(7,8)9)23-18(17)21(4,5)6/h15,18H,10-14H2,1-9H3. The van der Waals surface area contributed by atoms with Crippen molar-refractivity contribution >= 4 is 5.84 Å². The molecule has 3 aliphatic rings. The fourth-order valence-corrected chi connectivity index (χ4v) is 4.62. The first-order chi connectivity index (χ1) is 11.3. The van der Waals surface area contributed by atoms with Crippen molar-refractivity contribution in [3.8, 4) is 0 Å². The molecule has 3 rings (SSSR count). The molecular formula is C22H39N3. The van der Waals surface area contributed by atoms with Gasteiger partial charge in [0.1, 0.15) is 5.84 Å². The molecule has 0 bridgehead atoms. The zero-order valence-electron chi connectivity index (χ0n) is 18.0. The van der Waals surface area contributed by atoms with Crippen LogP contribution < -0.4 is 0 Å². The molecule has 2 saturated heterocycles. The monoisotopic (exact) mass is 345 g/mol. The van der Waals surface area contributed by atoms with Crippen LogP contribution in [-0.2, 0) is 0 Å². The fourth-order valence-electron chi connectivity index (χ4n) is 4.62. The minimum Gasteiger partial charge on any atom is -0.332 e. The van der Waals surface area contributed by atoms with Gasteiger partial charge in [-0.05, 0) is 35.9 Å². The Balaban J connectivity index is 2.11. The zero-order valence-corrected chi connectivity index (χ0v) is 18.0. The van der Waals surface area contributed by atoms with Crippen molar-refractivity contribution in [1.82, 2.24) is 9.80 Å². The smallest absolute Gasteiger partial charge is 0.109 e. The summed E-state index contributed by atoms with van der Waals surface area (Å²) in [5.41, 5.74) is 3.55. The second-order valence-electron chi connectivity index (χ2n) is 11.4. The van der Waals surface area contributed by atoms with Gasteiger partial charge in [0, 0.05) is 30.1 Å². The third-order valence-electron chi connectivity index (χ3n) is 5.95. The topological polar surface area (TPSA) is 18.8 Å². The lowest BCUT2D eigenvalue weighted by molar-refractivity contribution is 0.124. The Morgan fingerprint density at radius 1 is 0.880 bits per heavy atom. The lowest BCUT2D eigenvalue weighted by atomic mass is 9.70. The van der Waals surface area contributed by atoms with E-state index < -0.39 is 0 Å². The van der Waals surface area contributed by atoms with E-state index in [4.69, 9.17) is 4.99 Å². The number of likely N-dealkylation sites (tertiary alicyclic amines) is 1. The van der Waals surface area contributed by atoms with E-state index in [-0.39, 0.29) is 22.3 Å². The molecule has 142 valence electrons. The SMILES string of the molecule is CC(C)(C)C1=NC(C(C)(C)C)C(C(C)(C)C)=C2CC(N3CCC3)CN12. The van der Waals surface area contributed by atoms with Crippen molar-refractivity contribution < 1.29 is 0 Å². The Kier molecular flexibility index (Phi) is 4.42. The Bertz CT molecular complexity index is 588. The second-order valence-corrected chi connectivity index (χ2v) is 11.4. The first-order valence-corrected chi connectivity index (χ1v) is 10.1. The number of hydrogen-bond donors (Lipinski definition) is 0. The summed E-state index contributed by atoms with van der Waals surface area (Å²) >= 11 is 0. The van der Waals surface area contributed by atoms with Crippen LogP contribution in [0, 0.1) is 16.2 Å². The molecule has 0 N–H and O–H groups in total. The van der Waals surface area contributed by atoms with Crippen molar-refractivity contribution in [2.24, 2.45) is 21.2 Å². The second kappa shape index (κ2) is 5.84. The van der Waals surface area contributed by atoms with Crippen LogP contribution in [-0.4, -0.2) is 47.4 Å². The van der Waals surface area contributed by atoms with Crippen LogP contribution in [0.2, 0.25) is 0 Å². The molecule has 0 aromatic heterocycles. The molecule has 25 heavy (non-hydrogen) atoms. The van der Waals surface area contributed by atoms with Crippen LogP contribution in [0.1, 0.15) is 75.2 Å². The molecule has 3 heteroatoms. The average Bonchev–Trinajstić information content (AvgIpc) is 2.73. The van der Waals surface area contributed by atoms with Gasteiger partial charge < -0.3 is 4.90 Å². The summed E-state index contributed by atoms with van der Waals surface area (Å²) in [6.45, 7) is 24.8. The summed E-state index contributed by atoms with van der Waals surface area (Å²) in [7, 11) is 0. The summed E-state index contributed by atoms with van der Waals surface area (Å²) in [5, 5.41) is 0. The van der Waals surface area contributed by atoms with Gasteiger partial charge in [-0.1, -0.05) is 62.3 Å². The van der Waals surface area contributed by atoms with Crippen molar-refractivity contribution in [2.75, 3.05) is 19.6 Å². The average molecular weight is 346 g/mol. The third-order valence-corrected chi connectivity index (χ3v) is 5.95. The van der Waals surface area contributed by atoms with Gasteiger partial charge in [0.05, 0.1) is 6.04 Å². The molecule has 3 heterocycles. The molecule has 0 spiro atoms. The molecule has 0 saturated carbocycles. The van der Waals surface area contributed by atoms with Crippen molar-refractivity contribution in [3.63, 3.8) is 0 Å². The summed E-state index contributed by atoms with van der Waals surface area (Å²) < 4.78 is 0. The number of fused-ring (bicyclic) bond motifs is 1. The van der Waals surface area contributed by atoms with Gasteiger partial charge in [-0.3, -0.25) is 9.89 Å². The Morgan fingerprint density at radius 2 is 1.48 bits per heavy atom. The lowest BCUT2D eigenvalue weighted by Gasteiger charge is -2.45. The normalized spacial score (nSPS) is 28.8. The minimum atomic E-state index is 0.0853. The van der Waals surface area contributed by atoms with Gasteiger partial charge >= 0.3 is 0 Å². The van der Waals surface area contributed by atoms with Crippen LogP contribution in [0.25, 0.3) is 0 Å². The van der Waals surface area contributed by atoms with Gasteiger partial charge in [0.25, 0.3) is 0 Å². The number of rotatable bonds is 1. The predicted molar refractivity (Wildman–Crippen MR) is 108 cm³/mol. The third kappa shape index (κ3) is 3.41. The Hall–Kier alpha value is -0.830. The van der Waals surface area contributed by atoms with E-state index in [1.54, 1.807) is 11.3 Å². The molecule has 3 nitrogen and oxygen atoms in total. The summed E-state index contributed by atoms with van der Waals surface area (Å²) in [4.78, 5) is 10.7.